The fraction of sp³-hybridized carbons (Fsp3) is 0.333. The highest BCUT2D eigenvalue weighted by atomic mass is 32.2. The molecule has 1 amide bonds. The number of amides is 1. The van der Waals surface area contributed by atoms with Crippen molar-refractivity contribution in [3.63, 3.8) is 0 Å². The highest BCUT2D eigenvalue weighted by molar-refractivity contribution is 7.91. The molecule has 1 aromatic heterocycles. The Morgan fingerprint density at radius 2 is 2.12 bits per heavy atom. The van der Waals surface area contributed by atoms with E-state index in [4.69, 9.17) is 0 Å². The van der Waals surface area contributed by atoms with Gasteiger partial charge in [0.2, 0.25) is 5.91 Å². The lowest BCUT2D eigenvalue weighted by atomic mass is 10.1. The summed E-state index contributed by atoms with van der Waals surface area (Å²) in [4.78, 5) is 18.8. The molecule has 5 nitrogen and oxygen atoms in total. The third-order valence-electron chi connectivity index (χ3n) is 4.35. The second-order valence-corrected chi connectivity index (χ2v) is 8.29. The van der Waals surface area contributed by atoms with Crippen molar-refractivity contribution in [1.29, 1.82) is 0 Å². The zero-order chi connectivity index (χ0) is 17.2. The molecule has 0 radical (unpaired) electrons. The van der Waals surface area contributed by atoms with Crippen LogP contribution in [0.4, 0.5) is 0 Å². The van der Waals surface area contributed by atoms with Crippen LogP contribution < -0.4 is 0 Å². The van der Waals surface area contributed by atoms with Crippen molar-refractivity contribution in [2.24, 2.45) is 0 Å². The summed E-state index contributed by atoms with van der Waals surface area (Å²) >= 11 is 0. The van der Waals surface area contributed by atoms with Crippen molar-refractivity contribution >= 4 is 26.6 Å². The van der Waals surface area contributed by atoms with Crippen molar-refractivity contribution < 1.29 is 13.2 Å². The van der Waals surface area contributed by atoms with Gasteiger partial charge >= 0.3 is 0 Å². The first-order valence-corrected chi connectivity index (χ1v) is 9.76. The molecule has 126 valence electrons. The lowest BCUT2D eigenvalue weighted by Crippen LogP contribution is -2.42. The topological polar surface area (TPSA) is 67.3 Å². The maximum atomic E-state index is 12.8. The second kappa shape index (κ2) is 6.73. The highest BCUT2D eigenvalue weighted by Crippen LogP contribution is 2.21. The Bertz CT molecular complexity index is 871. The molecule has 2 aromatic rings. The Labute approximate surface area is 141 Å². The molecule has 1 unspecified atom stereocenters. The zero-order valence-electron chi connectivity index (χ0n) is 13.4. The number of carbonyl (C=O) groups is 1. The fourth-order valence-corrected chi connectivity index (χ4v) is 4.92. The number of rotatable bonds is 5. The normalized spacial score (nSPS) is 19.2. The van der Waals surface area contributed by atoms with Crippen LogP contribution in [0, 0.1) is 0 Å². The summed E-state index contributed by atoms with van der Waals surface area (Å²) in [5, 5.41) is 0.988. The highest BCUT2D eigenvalue weighted by Gasteiger charge is 2.34. The van der Waals surface area contributed by atoms with Crippen LogP contribution in [0.1, 0.15) is 12.0 Å². The van der Waals surface area contributed by atoms with Gasteiger partial charge in [-0.1, -0.05) is 30.3 Å². The SMILES string of the molecule is C=CCN(C(=O)Cc1cccc2cccnc12)C1CCS(=O)(=O)C1. The van der Waals surface area contributed by atoms with Gasteiger partial charge in [-0.15, -0.1) is 6.58 Å². The molecule has 1 aromatic carbocycles. The third kappa shape index (κ3) is 3.48. The molecule has 1 aliphatic heterocycles. The number of para-hydroxylation sites is 1. The van der Waals surface area contributed by atoms with Gasteiger partial charge in [0, 0.05) is 24.2 Å². The first-order chi connectivity index (χ1) is 11.5. The van der Waals surface area contributed by atoms with E-state index in [0.29, 0.717) is 13.0 Å². The number of nitrogens with zero attached hydrogens (tertiary/aromatic N) is 2. The van der Waals surface area contributed by atoms with Crippen molar-refractivity contribution in [2.45, 2.75) is 18.9 Å². The number of aromatic nitrogens is 1. The van der Waals surface area contributed by atoms with E-state index < -0.39 is 9.84 Å². The van der Waals surface area contributed by atoms with E-state index in [-0.39, 0.29) is 29.9 Å². The molecule has 0 bridgehead atoms. The van der Waals surface area contributed by atoms with Crippen LogP contribution in [0.3, 0.4) is 0 Å². The summed E-state index contributed by atoms with van der Waals surface area (Å²) in [7, 11) is -3.04. The average molecular weight is 344 g/mol. The first kappa shape index (κ1) is 16.6. The number of fused-ring (bicyclic) bond motifs is 1. The number of sulfone groups is 1. The Kier molecular flexibility index (Phi) is 4.66. The zero-order valence-corrected chi connectivity index (χ0v) is 14.2. The molecule has 1 fully saturated rings. The Morgan fingerprint density at radius 1 is 1.33 bits per heavy atom. The van der Waals surface area contributed by atoms with Crippen LogP contribution >= 0.6 is 0 Å². The van der Waals surface area contributed by atoms with E-state index in [1.54, 1.807) is 17.2 Å². The van der Waals surface area contributed by atoms with Gasteiger partial charge in [0.1, 0.15) is 0 Å². The van der Waals surface area contributed by atoms with E-state index in [2.05, 4.69) is 11.6 Å². The molecule has 24 heavy (non-hydrogen) atoms. The predicted molar refractivity (Wildman–Crippen MR) is 94.4 cm³/mol. The van der Waals surface area contributed by atoms with Crippen molar-refractivity contribution in [3.05, 3.63) is 54.7 Å². The summed E-state index contributed by atoms with van der Waals surface area (Å²) in [6, 6.07) is 9.32. The molecule has 0 aliphatic carbocycles. The van der Waals surface area contributed by atoms with E-state index in [0.717, 1.165) is 16.5 Å². The Morgan fingerprint density at radius 3 is 2.83 bits per heavy atom. The van der Waals surface area contributed by atoms with Crippen LogP contribution in [0.2, 0.25) is 0 Å². The molecule has 1 aliphatic rings. The van der Waals surface area contributed by atoms with Crippen LogP contribution in [0.25, 0.3) is 10.9 Å². The number of hydrogen-bond acceptors (Lipinski definition) is 4. The van der Waals surface area contributed by atoms with Gasteiger partial charge in [-0.05, 0) is 18.1 Å². The van der Waals surface area contributed by atoms with Crippen LogP contribution in [-0.2, 0) is 21.1 Å². The average Bonchev–Trinajstić information content (AvgIpc) is 2.92. The minimum atomic E-state index is -3.04. The number of hydrogen-bond donors (Lipinski definition) is 0. The van der Waals surface area contributed by atoms with Crippen LogP contribution in [-0.4, -0.2) is 48.3 Å². The van der Waals surface area contributed by atoms with Crippen molar-refractivity contribution in [1.82, 2.24) is 9.88 Å². The standard InChI is InChI=1S/C18H20N2O3S/c1-2-10-20(16-8-11-24(22,23)13-16)17(21)12-15-6-3-5-14-7-4-9-19-18(14)15/h2-7,9,16H,1,8,10-13H2. The van der Waals surface area contributed by atoms with Crippen molar-refractivity contribution in [3.8, 4) is 0 Å². The molecule has 1 saturated heterocycles. The quantitative estimate of drug-likeness (QED) is 0.778. The summed E-state index contributed by atoms with van der Waals surface area (Å²) in [6.07, 6.45) is 4.06. The first-order valence-electron chi connectivity index (χ1n) is 7.93. The summed E-state index contributed by atoms with van der Waals surface area (Å²) in [5.41, 5.74) is 1.67. The Balaban J connectivity index is 1.84. The van der Waals surface area contributed by atoms with E-state index in [1.807, 2.05) is 30.3 Å². The van der Waals surface area contributed by atoms with Gasteiger partial charge < -0.3 is 4.90 Å². The molecule has 0 N–H and O–H groups in total. The van der Waals surface area contributed by atoms with Gasteiger partial charge in [0.15, 0.2) is 9.84 Å². The summed E-state index contributed by atoms with van der Waals surface area (Å²) in [6.45, 7) is 4.05. The maximum absolute atomic E-state index is 12.8. The van der Waals surface area contributed by atoms with Gasteiger partial charge in [-0.25, -0.2) is 8.42 Å². The lowest BCUT2D eigenvalue weighted by molar-refractivity contribution is -0.131. The van der Waals surface area contributed by atoms with E-state index in [9.17, 15) is 13.2 Å². The molecular formula is C18H20N2O3S. The second-order valence-electron chi connectivity index (χ2n) is 6.06. The smallest absolute Gasteiger partial charge is 0.227 e. The monoisotopic (exact) mass is 344 g/mol. The predicted octanol–water partition coefficient (Wildman–Crippen LogP) is 1.98. The summed E-state index contributed by atoms with van der Waals surface area (Å²) in [5.74, 6) is 0.101. The largest absolute Gasteiger partial charge is 0.335 e. The maximum Gasteiger partial charge on any atom is 0.227 e. The van der Waals surface area contributed by atoms with Crippen molar-refractivity contribution in [2.75, 3.05) is 18.1 Å². The summed E-state index contributed by atoms with van der Waals surface area (Å²) < 4.78 is 23.5. The molecule has 0 saturated carbocycles. The molecule has 3 rings (SSSR count). The number of benzene rings is 1. The Hall–Kier alpha value is -2.21. The number of pyridine rings is 1. The minimum absolute atomic E-state index is 0.0420. The molecular weight excluding hydrogens is 324 g/mol. The third-order valence-corrected chi connectivity index (χ3v) is 6.10. The van der Waals surface area contributed by atoms with Crippen LogP contribution in [0.5, 0.6) is 0 Å². The molecule has 1 atom stereocenters. The molecule has 0 spiro atoms. The van der Waals surface area contributed by atoms with Gasteiger partial charge in [0.25, 0.3) is 0 Å². The van der Waals surface area contributed by atoms with E-state index >= 15 is 0 Å². The number of carbonyl (C=O) groups excluding carboxylic acids is 1. The fourth-order valence-electron chi connectivity index (χ4n) is 3.19. The van der Waals surface area contributed by atoms with Crippen LogP contribution in [0.15, 0.2) is 49.2 Å². The van der Waals surface area contributed by atoms with Gasteiger partial charge in [-0.3, -0.25) is 9.78 Å². The minimum Gasteiger partial charge on any atom is -0.335 e. The van der Waals surface area contributed by atoms with Gasteiger partial charge in [-0.2, -0.15) is 0 Å². The van der Waals surface area contributed by atoms with E-state index in [1.165, 1.54) is 0 Å². The lowest BCUT2D eigenvalue weighted by Gasteiger charge is -2.27. The molecule has 6 heteroatoms. The van der Waals surface area contributed by atoms with Gasteiger partial charge in [0.05, 0.1) is 23.4 Å². The molecule has 2 heterocycles.